The standard InChI is InChI=1S/C16H25N/c1-3-4-5-11-17-13(2)15-10-9-14-7-6-8-16(14)12-15/h9-10,12-13,17H,3-8,11H2,1-2H3. The Hall–Kier alpha value is -0.820. The van der Waals surface area contributed by atoms with Gasteiger partial charge in [-0.15, -0.1) is 0 Å². The van der Waals surface area contributed by atoms with E-state index in [0.717, 1.165) is 6.54 Å². The molecule has 0 amide bonds. The van der Waals surface area contributed by atoms with Gasteiger partial charge in [-0.2, -0.15) is 0 Å². The van der Waals surface area contributed by atoms with Gasteiger partial charge in [-0.25, -0.2) is 0 Å². The van der Waals surface area contributed by atoms with Crippen molar-refractivity contribution in [2.45, 2.75) is 58.4 Å². The molecule has 17 heavy (non-hydrogen) atoms. The summed E-state index contributed by atoms with van der Waals surface area (Å²) < 4.78 is 0. The van der Waals surface area contributed by atoms with Crippen LogP contribution in [0.25, 0.3) is 0 Å². The monoisotopic (exact) mass is 231 g/mol. The van der Waals surface area contributed by atoms with Gasteiger partial charge in [-0.3, -0.25) is 0 Å². The fourth-order valence-corrected chi connectivity index (χ4v) is 2.67. The Kier molecular flexibility index (Phi) is 4.61. The van der Waals surface area contributed by atoms with Crippen molar-refractivity contribution in [1.82, 2.24) is 5.32 Å². The SMILES string of the molecule is CCCCCNC(C)c1ccc2c(c1)CCC2. The van der Waals surface area contributed by atoms with Crippen LogP contribution in [0.5, 0.6) is 0 Å². The van der Waals surface area contributed by atoms with E-state index in [-0.39, 0.29) is 0 Å². The summed E-state index contributed by atoms with van der Waals surface area (Å²) in [4.78, 5) is 0. The lowest BCUT2D eigenvalue weighted by Crippen LogP contribution is -2.19. The van der Waals surface area contributed by atoms with Gasteiger partial charge in [-0.05, 0) is 55.8 Å². The molecule has 0 saturated heterocycles. The molecule has 0 heterocycles. The molecule has 1 atom stereocenters. The molecule has 1 heteroatoms. The van der Waals surface area contributed by atoms with Crippen LogP contribution in [-0.4, -0.2) is 6.54 Å². The molecule has 1 aliphatic rings. The summed E-state index contributed by atoms with van der Waals surface area (Å²) in [6.45, 7) is 5.68. The van der Waals surface area contributed by atoms with Gasteiger partial charge in [0, 0.05) is 6.04 Å². The van der Waals surface area contributed by atoms with Gasteiger partial charge in [0.2, 0.25) is 0 Å². The first-order valence-corrected chi connectivity index (χ1v) is 7.16. The molecule has 2 rings (SSSR count). The molecule has 0 aliphatic heterocycles. The molecule has 1 N–H and O–H groups in total. The number of fused-ring (bicyclic) bond motifs is 1. The lowest BCUT2D eigenvalue weighted by molar-refractivity contribution is 0.543. The molecular formula is C16H25N. The maximum absolute atomic E-state index is 3.62. The third-order valence-electron chi connectivity index (χ3n) is 3.85. The first-order chi connectivity index (χ1) is 8.31. The summed E-state index contributed by atoms with van der Waals surface area (Å²) in [5, 5.41) is 3.62. The largest absolute Gasteiger partial charge is 0.310 e. The lowest BCUT2D eigenvalue weighted by atomic mass is 10.0. The minimum Gasteiger partial charge on any atom is -0.310 e. The van der Waals surface area contributed by atoms with Crippen molar-refractivity contribution in [3.63, 3.8) is 0 Å². The Morgan fingerprint density at radius 3 is 2.82 bits per heavy atom. The van der Waals surface area contributed by atoms with E-state index in [9.17, 15) is 0 Å². The number of unbranched alkanes of at least 4 members (excludes halogenated alkanes) is 2. The Morgan fingerprint density at radius 2 is 2.00 bits per heavy atom. The highest BCUT2D eigenvalue weighted by Gasteiger charge is 2.12. The number of hydrogen-bond acceptors (Lipinski definition) is 1. The lowest BCUT2D eigenvalue weighted by Gasteiger charge is -2.15. The Bertz CT molecular complexity index is 357. The van der Waals surface area contributed by atoms with Gasteiger partial charge in [0.05, 0.1) is 0 Å². The predicted molar refractivity (Wildman–Crippen MR) is 74.4 cm³/mol. The molecule has 1 aromatic rings. The van der Waals surface area contributed by atoms with Gasteiger partial charge in [0.25, 0.3) is 0 Å². The summed E-state index contributed by atoms with van der Waals surface area (Å²) in [5.41, 5.74) is 4.62. The fourth-order valence-electron chi connectivity index (χ4n) is 2.67. The third-order valence-corrected chi connectivity index (χ3v) is 3.85. The van der Waals surface area contributed by atoms with Crippen molar-refractivity contribution < 1.29 is 0 Å². The van der Waals surface area contributed by atoms with Crippen molar-refractivity contribution in [3.05, 3.63) is 34.9 Å². The molecule has 0 radical (unpaired) electrons. The van der Waals surface area contributed by atoms with E-state index in [2.05, 4.69) is 37.4 Å². The smallest absolute Gasteiger partial charge is 0.0291 e. The van der Waals surface area contributed by atoms with Crippen LogP contribution in [0, 0.1) is 0 Å². The van der Waals surface area contributed by atoms with Crippen LogP contribution in [0.1, 0.15) is 62.3 Å². The van der Waals surface area contributed by atoms with Crippen LogP contribution in [0.2, 0.25) is 0 Å². The van der Waals surface area contributed by atoms with Gasteiger partial charge in [0.15, 0.2) is 0 Å². The molecule has 1 unspecified atom stereocenters. The van der Waals surface area contributed by atoms with E-state index in [1.807, 2.05) is 0 Å². The number of hydrogen-bond donors (Lipinski definition) is 1. The first-order valence-electron chi connectivity index (χ1n) is 7.16. The fraction of sp³-hybridized carbons (Fsp3) is 0.625. The Labute approximate surface area is 106 Å². The van der Waals surface area contributed by atoms with Crippen molar-refractivity contribution in [2.75, 3.05) is 6.54 Å². The van der Waals surface area contributed by atoms with E-state index >= 15 is 0 Å². The molecule has 1 nitrogen and oxygen atoms in total. The van der Waals surface area contributed by atoms with Crippen LogP contribution < -0.4 is 5.32 Å². The van der Waals surface area contributed by atoms with E-state index < -0.39 is 0 Å². The normalized spacial score (nSPS) is 15.9. The van der Waals surface area contributed by atoms with E-state index in [1.54, 1.807) is 11.1 Å². The molecule has 94 valence electrons. The minimum atomic E-state index is 0.498. The van der Waals surface area contributed by atoms with Gasteiger partial charge >= 0.3 is 0 Å². The highest BCUT2D eigenvalue weighted by Crippen LogP contribution is 2.25. The van der Waals surface area contributed by atoms with E-state index in [0.29, 0.717) is 6.04 Å². The van der Waals surface area contributed by atoms with Gasteiger partial charge in [-0.1, -0.05) is 38.0 Å². The highest BCUT2D eigenvalue weighted by atomic mass is 14.9. The summed E-state index contributed by atoms with van der Waals surface area (Å²) in [5.74, 6) is 0. The molecule has 1 aliphatic carbocycles. The summed E-state index contributed by atoms with van der Waals surface area (Å²) >= 11 is 0. The minimum absolute atomic E-state index is 0.498. The van der Waals surface area contributed by atoms with Crippen molar-refractivity contribution in [1.29, 1.82) is 0 Å². The van der Waals surface area contributed by atoms with Crippen LogP contribution >= 0.6 is 0 Å². The molecule has 0 saturated carbocycles. The quantitative estimate of drug-likeness (QED) is 0.729. The van der Waals surface area contributed by atoms with Gasteiger partial charge in [0.1, 0.15) is 0 Å². The molecule has 0 aromatic heterocycles. The molecule has 0 fully saturated rings. The number of benzene rings is 1. The maximum Gasteiger partial charge on any atom is 0.0291 e. The predicted octanol–water partition coefficient (Wildman–Crippen LogP) is 4.02. The molecule has 0 spiro atoms. The average Bonchev–Trinajstić information content (AvgIpc) is 2.81. The Morgan fingerprint density at radius 1 is 1.18 bits per heavy atom. The summed E-state index contributed by atoms with van der Waals surface area (Å²) in [6.07, 6.45) is 7.85. The third kappa shape index (κ3) is 3.32. The van der Waals surface area contributed by atoms with Crippen molar-refractivity contribution in [3.8, 4) is 0 Å². The highest BCUT2D eigenvalue weighted by molar-refractivity contribution is 5.36. The Balaban J connectivity index is 1.88. The number of nitrogens with one attached hydrogen (secondary N) is 1. The number of aryl methyl sites for hydroxylation is 2. The molecular weight excluding hydrogens is 206 g/mol. The molecule has 0 bridgehead atoms. The van der Waals surface area contributed by atoms with Gasteiger partial charge < -0.3 is 5.32 Å². The second kappa shape index (κ2) is 6.20. The second-order valence-corrected chi connectivity index (χ2v) is 5.26. The topological polar surface area (TPSA) is 12.0 Å². The first kappa shape index (κ1) is 12.6. The van der Waals surface area contributed by atoms with Crippen molar-refractivity contribution >= 4 is 0 Å². The summed E-state index contributed by atoms with van der Waals surface area (Å²) in [6, 6.07) is 7.56. The number of rotatable bonds is 6. The van der Waals surface area contributed by atoms with E-state index in [4.69, 9.17) is 0 Å². The van der Waals surface area contributed by atoms with E-state index in [1.165, 1.54) is 44.1 Å². The molecule has 1 aromatic carbocycles. The van der Waals surface area contributed by atoms with Crippen molar-refractivity contribution in [2.24, 2.45) is 0 Å². The van der Waals surface area contributed by atoms with Crippen LogP contribution in [0.4, 0.5) is 0 Å². The maximum atomic E-state index is 3.62. The second-order valence-electron chi connectivity index (χ2n) is 5.26. The van der Waals surface area contributed by atoms with Crippen LogP contribution in [-0.2, 0) is 12.8 Å². The summed E-state index contributed by atoms with van der Waals surface area (Å²) in [7, 11) is 0. The van der Waals surface area contributed by atoms with Crippen LogP contribution in [0.15, 0.2) is 18.2 Å². The zero-order chi connectivity index (χ0) is 12.1. The van der Waals surface area contributed by atoms with Crippen LogP contribution in [0.3, 0.4) is 0 Å². The zero-order valence-electron chi connectivity index (χ0n) is 11.3. The average molecular weight is 231 g/mol. The zero-order valence-corrected chi connectivity index (χ0v) is 11.3.